The van der Waals surface area contributed by atoms with Crippen LogP contribution >= 0.6 is 0 Å². The van der Waals surface area contributed by atoms with E-state index in [4.69, 9.17) is 0 Å². The molecule has 0 radical (unpaired) electrons. The zero-order valence-electron chi connectivity index (χ0n) is 15.8. The predicted molar refractivity (Wildman–Crippen MR) is 100.0 cm³/mol. The summed E-state index contributed by atoms with van der Waals surface area (Å²) in [6, 6.07) is 5.19. The Kier molecular flexibility index (Phi) is 4.95. The van der Waals surface area contributed by atoms with Gasteiger partial charge in [0, 0.05) is 0 Å². The molecular weight excluding hydrogens is 345 g/mol. The first-order valence-corrected chi connectivity index (χ1v) is 9.77. The summed E-state index contributed by atoms with van der Waals surface area (Å²) < 4.78 is 16.0. The summed E-state index contributed by atoms with van der Waals surface area (Å²) in [4.78, 5) is 12.9. The minimum absolute atomic E-state index is 0.188. The van der Waals surface area contributed by atoms with Gasteiger partial charge in [0.15, 0.2) is 5.69 Å². The van der Waals surface area contributed by atoms with Gasteiger partial charge in [-0.1, -0.05) is 24.3 Å². The minimum atomic E-state index is -0.235. The van der Waals surface area contributed by atoms with E-state index in [1.807, 2.05) is 17.7 Å². The van der Waals surface area contributed by atoms with Gasteiger partial charge in [-0.2, -0.15) is 0 Å². The second-order valence-electron chi connectivity index (χ2n) is 7.72. The third kappa shape index (κ3) is 3.36. The van der Waals surface area contributed by atoms with Crippen molar-refractivity contribution in [3.05, 3.63) is 46.5 Å². The van der Waals surface area contributed by atoms with Crippen molar-refractivity contribution in [3.8, 4) is 0 Å². The second kappa shape index (κ2) is 7.38. The molecule has 27 heavy (non-hydrogen) atoms. The lowest BCUT2D eigenvalue weighted by molar-refractivity contribution is 0.0913. The summed E-state index contributed by atoms with van der Waals surface area (Å²) in [6.45, 7) is 5.90. The van der Waals surface area contributed by atoms with Gasteiger partial charge < -0.3 is 10.6 Å². The van der Waals surface area contributed by atoms with Crippen molar-refractivity contribution in [2.45, 2.75) is 51.6 Å². The normalized spacial score (nSPS) is 23.1. The lowest BCUT2D eigenvalue weighted by atomic mass is 9.80. The van der Waals surface area contributed by atoms with Gasteiger partial charge >= 0.3 is 0 Å². The third-order valence-electron chi connectivity index (χ3n) is 5.99. The number of benzene rings is 1. The summed E-state index contributed by atoms with van der Waals surface area (Å²) in [6.07, 6.45) is 3.52. The van der Waals surface area contributed by atoms with Crippen molar-refractivity contribution in [2.24, 2.45) is 5.92 Å². The molecule has 144 valence electrons. The molecule has 0 unspecified atom stereocenters. The van der Waals surface area contributed by atoms with Crippen LogP contribution in [0.1, 0.15) is 65.6 Å². The number of hydrogen-bond donors (Lipinski definition) is 2. The highest BCUT2D eigenvalue weighted by atomic mass is 19.1. The van der Waals surface area contributed by atoms with E-state index in [0.29, 0.717) is 12.1 Å². The van der Waals surface area contributed by atoms with Crippen molar-refractivity contribution in [2.75, 3.05) is 13.1 Å². The molecule has 0 bridgehead atoms. The largest absolute Gasteiger partial charge is 0.343 e. The summed E-state index contributed by atoms with van der Waals surface area (Å²) in [7, 11) is 0. The van der Waals surface area contributed by atoms with E-state index in [1.54, 1.807) is 6.07 Å². The number of hydrogen-bond acceptors (Lipinski definition) is 4. The SMILES string of the molecule is Cc1c(C(=O)N[C@@H]2c3cccc(F)c3CC[C@H]2C)nnn1C1CCNCC1. The van der Waals surface area contributed by atoms with Crippen molar-refractivity contribution >= 4 is 5.91 Å². The number of amides is 1. The number of halogens is 1. The highest BCUT2D eigenvalue weighted by Crippen LogP contribution is 2.35. The molecule has 0 saturated carbocycles. The summed E-state index contributed by atoms with van der Waals surface area (Å²) in [5, 5.41) is 14.8. The highest BCUT2D eigenvalue weighted by molar-refractivity contribution is 5.93. The molecule has 1 aliphatic heterocycles. The molecule has 2 atom stereocenters. The van der Waals surface area contributed by atoms with Crippen LogP contribution in [0, 0.1) is 18.7 Å². The van der Waals surface area contributed by atoms with Crippen molar-refractivity contribution in [1.29, 1.82) is 0 Å². The van der Waals surface area contributed by atoms with Crippen LogP contribution in [0.5, 0.6) is 0 Å². The average Bonchev–Trinajstić information content (AvgIpc) is 3.06. The van der Waals surface area contributed by atoms with Gasteiger partial charge in [0.1, 0.15) is 5.82 Å². The van der Waals surface area contributed by atoms with E-state index in [9.17, 15) is 9.18 Å². The zero-order valence-corrected chi connectivity index (χ0v) is 15.8. The summed E-state index contributed by atoms with van der Waals surface area (Å²) >= 11 is 0. The maximum Gasteiger partial charge on any atom is 0.274 e. The van der Waals surface area contributed by atoms with Gasteiger partial charge in [0.2, 0.25) is 0 Å². The first kappa shape index (κ1) is 18.1. The van der Waals surface area contributed by atoms with Crippen LogP contribution in [-0.2, 0) is 6.42 Å². The number of rotatable bonds is 3. The highest BCUT2D eigenvalue weighted by Gasteiger charge is 2.31. The van der Waals surface area contributed by atoms with E-state index in [1.165, 1.54) is 6.07 Å². The molecule has 6 nitrogen and oxygen atoms in total. The Bertz CT molecular complexity index is 843. The Labute approximate surface area is 158 Å². The van der Waals surface area contributed by atoms with Crippen LogP contribution in [-0.4, -0.2) is 34.0 Å². The maximum atomic E-state index is 14.2. The van der Waals surface area contributed by atoms with Crippen molar-refractivity contribution < 1.29 is 9.18 Å². The lowest BCUT2D eigenvalue weighted by Crippen LogP contribution is -2.36. The van der Waals surface area contributed by atoms with Crippen LogP contribution in [0.15, 0.2) is 18.2 Å². The van der Waals surface area contributed by atoms with Crippen molar-refractivity contribution in [1.82, 2.24) is 25.6 Å². The molecule has 2 heterocycles. The van der Waals surface area contributed by atoms with Gasteiger partial charge in [-0.15, -0.1) is 5.10 Å². The Morgan fingerprint density at radius 1 is 1.30 bits per heavy atom. The average molecular weight is 371 g/mol. The quantitative estimate of drug-likeness (QED) is 0.870. The second-order valence-corrected chi connectivity index (χ2v) is 7.72. The van der Waals surface area contributed by atoms with Crippen LogP contribution in [0.4, 0.5) is 4.39 Å². The molecule has 2 N–H and O–H groups in total. The third-order valence-corrected chi connectivity index (χ3v) is 5.99. The molecule has 4 rings (SSSR count). The fraction of sp³-hybridized carbons (Fsp3) is 0.550. The molecule has 1 aromatic carbocycles. The number of piperidine rings is 1. The van der Waals surface area contributed by atoms with E-state index in [2.05, 4.69) is 27.9 Å². The van der Waals surface area contributed by atoms with Gasteiger partial charge in [-0.3, -0.25) is 4.79 Å². The van der Waals surface area contributed by atoms with Crippen LogP contribution < -0.4 is 10.6 Å². The predicted octanol–water partition coefficient (Wildman–Crippen LogP) is 2.70. The fourth-order valence-corrected chi connectivity index (χ4v) is 4.35. The van der Waals surface area contributed by atoms with Crippen LogP contribution in [0.2, 0.25) is 0 Å². The number of carbonyl (C=O) groups excluding carboxylic acids is 1. The molecule has 0 spiro atoms. The summed E-state index contributed by atoms with van der Waals surface area (Å²) in [5.41, 5.74) is 2.76. The van der Waals surface area contributed by atoms with E-state index >= 15 is 0 Å². The monoisotopic (exact) mass is 371 g/mol. The Morgan fingerprint density at radius 2 is 2.07 bits per heavy atom. The van der Waals surface area contributed by atoms with E-state index < -0.39 is 0 Å². The topological polar surface area (TPSA) is 71.8 Å². The smallest absolute Gasteiger partial charge is 0.274 e. The zero-order chi connectivity index (χ0) is 19.0. The Morgan fingerprint density at radius 3 is 2.85 bits per heavy atom. The Balaban J connectivity index is 1.56. The fourth-order valence-electron chi connectivity index (χ4n) is 4.35. The van der Waals surface area contributed by atoms with E-state index in [-0.39, 0.29) is 29.7 Å². The molecule has 1 amide bonds. The molecular formula is C20H26FN5O. The first-order chi connectivity index (χ1) is 13.1. The maximum absolute atomic E-state index is 14.2. The lowest BCUT2D eigenvalue weighted by Gasteiger charge is -2.32. The van der Waals surface area contributed by atoms with Gasteiger partial charge in [-0.25, -0.2) is 9.07 Å². The van der Waals surface area contributed by atoms with Crippen LogP contribution in [0.25, 0.3) is 0 Å². The molecule has 7 heteroatoms. The minimum Gasteiger partial charge on any atom is -0.343 e. The molecule has 1 saturated heterocycles. The van der Waals surface area contributed by atoms with Gasteiger partial charge in [0.05, 0.1) is 17.8 Å². The number of nitrogens with zero attached hydrogens (tertiary/aromatic N) is 3. The molecule has 1 fully saturated rings. The standard InChI is InChI=1S/C20H26FN5O/c1-12-6-7-15-16(4-3-5-17(15)21)18(12)23-20(27)19-13(2)26(25-24-19)14-8-10-22-11-9-14/h3-5,12,14,18,22H,6-11H2,1-2H3,(H,23,27)/t12-,18+/m1/s1. The van der Waals surface area contributed by atoms with Crippen molar-refractivity contribution in [3.63, 3.8) is 0 Å². The first-order valence-electron chi connectivity index (χ1n) is 9.77. The Hall–Kier alpha value is -2.28. The molecule has 1 aromatic heterocycles. The number of carbonyl (C=O) groups is 1. The van der Waals surface area contributed by atoms with E-state index in [0.717, 1.165) is 49.2 Å². The number of aromatic nitrogens is 3. The summed E-state index contributed by atoms with van der Waals surface area (Å²) in [5.74, 6) is -0.184. The van der Waals surface area contributed by atoms with Gasteiger partial charge in [0.25, 0.3) is 5.91 Å². The number of nitrogens with one attached hydrogen (secondary N) is 2. The number of fused-ring (bicyclic) bond motifs is 1. The van der Waals surface area contributed by atoms with Gasteiger partial charge in [-0.05, 0) is 68.8 Å². The molecule has 2 aromatic rings. The molecule has 1 aliphatic carbocycles. The molecule has 2 aliphatic rings. The van der Waals surface area contributed by atoms with Crippen LogP contribution in [0.3, 0.4) is 0 Å².